The van der Waals surface area contributed by atoms with Gasteiger partial charge in [0.2, 0.25) is 0 Å². The Hall–Kier alpha value is -1.47. The number of hydrogen-bond donors (Lipinski definition) is 1. The highest BCUT2D eigenvalue weighted by Crippen LogP contribution is 2.23. The molecule has 2 heterocycles. The molecule has 28 heavy (non-hydrogen) atoms. The number of nitrogens with zero attached hydrogens (tertiary/aromatic N) is 3. The van der Waals surface area contributed by atoms with E-state index in [-0.39, 0.29) is 11.9 Å². The van der Waals surface area contributed by atoms with Crippen molar-refractivity contribution in [2.45, 2.75) is 57.2 Å². The summed E-state index contributed by atoms with van der Waals surface area (Å²) in [5, 5.41) is 1.46. The van der Waals surface area contributed by atoms with Crippen LogP contribution in [-0.2, 0) is 11.3 Å². The van der Waals surface area contributed by atoms with E-state index in [1.54, 1.807) is 0 Å². The first-order valence-corrected chi connectivity index (χ1v) is 10.9. The zero-order valence-electron chi connectivity index (χ0n) is 16.9. The number of hydrogen-bond acceptors (Lipinski definition) is 5. The van der Waals surface area contributed by atoms with E-state index in [0.29, 0.717) is 11.6 Å². The first-order chi connectivity index (χ1) is 13.7. The van der Waals surface area contributed by atoms with E-state index in [2.05, 4.69) is 21.9 Å². The SMILES string of the molecule is NN(C(=O)c1ccc(CN2CCC(N3CCOCC3)CC2)cc1)C1CCCC1. The van der Waals surface area contributed by atoms with Crippen LogP contribution in [0.4, 0.5) is 0 Å². The molecule has 6 nitrogen and oxygen atoms in total. The lowest BCUT2D eigenvalue weighted by Gasteiger charge is -2.40. The quantitative estimate of drug-likeness (QED) is 0.478. The molecule has 2 N–H and O–H groups in total. The summed E-state index contributed by atoms with van der Waals surface area (Å²) >= 11 is 0. The first kappa shape index (κ1) is 19.8. The average molecular weight is 387 g/mol. The molecule has 0 atom stereocenters. The summed E-state index contributed by atoms with van der Waals surface area (Å²) in [6.45, 7) is 7.16. The molecule has 154 valence electrons. The van der Waals surface area contributed by atoms with E-state index in [4.69, 9.17) is 10.6 Å². The third-order valence-electron chi connectivity index (χ3n) is 6.68. The Labute approximate surface area is 168 Å². The fraction of sp³-hybridized carbons (Fsp3) is 0.682. The maximum atomic E-state index is 12.6. The molecule has 0 radical (unpaired) electrons. The van der Waals surface area contributed by atoms with Crippen LogP contribution in [0.5, 0.6) is 0 Å². The van der Waals surface area contributed by atoms with Crippen molar-refractivity contribution in [1.82, 2.24) is 14.8 Å². The second kappa shape index (κ2) is 9.35. The molecule has 0 aromatic heterocycles. The molecule has 1 saturated carbocycles. The van der Waals surface area contributed by atoms with Crippen molar-refractivity contribution >= 4 is 5.91 Å². The van der Waals surface area contributed by atoms with Crippen molar-refractivity contribution in [2.24, 2.45) is 5.84 Å². The highest BCUT2D eigenvalue weighted by atomic mass is 16.5. The van der Waals surface area contributed by atoms with E-state index in [0.717, 1.165) is 58.8 Å². The topological polar surface area (TPSA) is 62.0 Å². The van der Waals surface area contributed by atoms with Crippen molar-refractivity contribution in [3.63, 3.8) is 0 Å². The average Bonchev–Trinajstić information content (AvgIpc) is 3.29. The molecular formula is C22H34N4O2. The number of benzene rings is 1. The van der Waals surface area contributed by atoms with Crippen LogP contribution in [0.1, 0.15) is 54.4 Å². The Morgan fingerprint density at radius 3 is 2.29 bits per heavy atom. The molecule has 6 heteroatoms. The number of ether oxygens (including phenoxy) is 1. The summed E-state index contributed by atoms with van der Waals surface area (Å²) in [6, 6.07) is 8.97. The lowest BCUT2D eigenvalue weighted by molar-refractivity contribution is 0.000231. The highest BCUT2D eigenvalue weighted by molar-refractivity contribution is 5.94. The monoisotopic (exact) mass is 386 g/mol. The maximum absolute atomic E-state index is 12.6. The van der Waals surface area contributed by atoms with Crippen molar-refractivity contribution in [3.05, 3.63) is 35.4 Å². The fourth-order valence-corrected chi connectivity index (χ4v) is 4.89. The normalized spacial score (nSPS) is 23.2. The Bertz CT molecular complexity index is 630. The minimum atomic E-state index is -0.0511. The minimum absolute atomic E-state index is 0.0511. The van der Waals surface area contributed by atoms with Crippen LogP contribution in [-0.4, -0.2) is 72.2 Å². The van der Waals surface area contributed by atoms with Crippen LogP contribution < -0.4 is 5.84 Å². The molecule has 4 rings (SSSR count). The predicted molar refractivity (Wildman–Crippen MR) is 110 cm³/mol. The van der Waals surface area contributed by atoms with Gasteiger partial charge in [-0.3, -0.25) is 19.6 Å². The summed E-state index contributed by atoms with van der Waals surface area (Å²) in [5.41, 5.74) is 1.97. The van der Waals surface area contributed by atoms with E-state index < -0.39 is 0 Å². The Morgan fingerprint density at radius 2 is 1.64 bits per heavy atom. The van der Waals surface area contributed by atoms with Crippen LogP contribution >= 0.6 is 0 Å². The Balaban J connectivity index is 1.26. The van der Waals surface area contributed by atoms with Crippen LogP contribution in [0.3, 0.4) is 0 Å². The molecule has 0 unspecified atom stereocenters. The minimum Gasteiger partial charge on any atom is -0.379 e. The molecule has 3 aliphatic rings. The van der Waals surface area contributed by atoms with Gasteiger partial charge in [-0.1, -0.05) is 25.0 Å². The number of piperidine rings is 1. The standard InChI is InChI=1S/C22H34N4O2/c23-26(21-3-1-2-4-21)22(27)19-7-5-18(6-8-19)17-24-11-9-20(10-12-24)25-13-15-28-16-14-25/h5-8,20-21H,1-4,9-17,23H2. The molecule has 1 aromatic rings. The number of hydrazine groups is 1. The lowest BCUT2D eigenvalue weighted by Crippen LogP contribution is -2.48. The summed E-state index contributed by atoms with van der Waals surface area (Å²) < 4.78 is 5.47. The van der Waals surface area contributed by atoms with Crippen molar-refractivity contribution in [3.8, 4) is 0 Å². The van der Waals surface area contributed by atoms with Gasteiger partial charge in [0.05, 0.1) is 13.2 Å². The number of amides is 1. The molecule has 2 aliphatic heterocycles. The van der Waals surface area contributed by atoms with Gasteiger partial charge in [-0.25, -0.2) is 5.84 Å². The molecule has 2 saturated heterocycles. The van der Waals surface area contributed by atoms with Gasteiger partial charge in [0.15, 0.2) is 0 Å². The fourth-order valence-electron chi connectivity index (χ4n) is 4.89. The summed E-state index contributed by atoms with van der Waals surface area (Å²) in [7, 11) is 0. The highest BCUT2D eigenvalue weighted by Gasteiger charge is 2.27. The van der Waals surface area contributed by atoms with E-state index in [1.807, 2.05) is 12.1 Å². The van der Waals surface area contributed by atoms with Crippen molar-refractivity contribution < 1.29 is 9.53 Å². The number of carbonyl (C=O) groups excluding carboxylic acids is 1. The van der Waals surface area contributed by atoms with E-state index in [9.17, 15) is 4.79 Å². The maximum Gasteiger partial charge on any atom is 0.268 e. The van der Waals surface area contributed by atoms with Crippen molar-refractivity contribution in [2.75, 3.05) is 39.4 Å². The van der Waals surface area contributed by atoms with Gasteiger partial charge in [0.25, 0.3) is 5.91 Å². The molecular weight excluding hydrogens is 352 g/mol. The number of likely N-dealkylation sites (tertiary alicyclic amines) is 1. The Morgan fingerprint density at radius 1 is 1.00 bits per heavy atom. The zero-order chi connectivity index (χ0) is 19.3. The van der Waals surface area contributed by atoms with Gasteiger partial charge in [0.1, 0.15) is 0 Å². The molecule has 0 spiro atoms. The number of nitrogens with two attached hydrogens (primary N) is 1. The molecule has 1 aliphatic carbocycles. The van der Waals surface area contributed by atoms with Crippen LogP contribution in [0.15, 0.2) is 24.3 Å². The second-order valence-corrected chi connectivity index (χ2v) is 8.50. The van der Waals surface area contributed by atoms with Gasteiger partial charge in [-0.05, 0) is 56.5 Å². The zero-order valence-corrected chi connectivity index (χ0v) is 16.9. The molecule has 0 bridgehead atoms. The second-order valence-electron chi connectivity index (χ2n) is 8.50. The Kier molecular flexibility index (Phi) is 6.62. The smallest absolute Gasteiger partial charge is 0.268 e. The van der Waals surface area contributed by atoms with Crippen LogP contribution in [0, 0.1) is 0 Å². The van der Waals surface area contributed by atoms with Gasteiger partial charge in [-0.2, -0.15) is 0 Å². The molecule has 1 amide bonds. The first-order valence-electron chi connectivity index (χ1n) is 10.9. The summed E-state index contributed by atoms with van der Waals surface area (Å²) in [4.78, 5) is 17.7. The van der Waals surface area contributed by atoms with Crippen molar-refractivity contribution in [1.29, 1.82) is 0 Å². The summed E-state index contributed by atoms with van der Waals surface area (Å²) in [5.74, 6) is 6.03. The number of morpholine rings is 1. The van der Waals surface area contributed by atoms with E-state index in [1.165, 1.54) is 36.3 Å². The number of rotatable bonds is 5. The lowest BCUT2D eigenvalue weighted by atomic mass is 10.0. The predicted octanol–water partition coefficient (Wildman–Crippen LogP) is 2.24. The summed E-state index contributed by atoms with van der Waals surface area (Å²) in [6.07, 6.45) is 6.88. The van der Waals surface area contributed by atoms with Gasteiger partial charge in [0, 0.05) is 37.3 Å². The molecule has 1 aromatic carbocycles. The number of carbonyl (C=O) groups is 1. The van der Waals surface area contributed by atoms with E-state index >= 15 is 0 Å². The van der Waals surface area contributed by atoms with Gasteiger partial charge >= 0.3 is 0 Å². The van der Waals surface area contributed by atoms with Crippen LogP contribution in [0.2, 0.25) is 0 Å². The van der Waals surface area contributed by atoms with Gasteiger partial charge < -0.3 is 4.74 Å². The largest absolute Gasteiger partial charge is 0.379 e. The third-order valence-corrected chi connectivity index (χ3v) is 6.68. The molecule has 3 fully saturated rings. The van der Waals surface area contributed by atoms with Crippen LogP contribution in [0.25, 0.3) is 0 Å². The third kappa shape index (κ3) is 4.74. The van der Waals surface area contributed by atoms with Gasteiger partial charge in [-0.15, -0.1) is 0 Å².